The first-order valence-electron chi connectivity index (χ1n) is 7.55. The molecule has 1 aliphatic heterocycles. The number of rotatable bonds is 4. The third kappa shape index (κ3) is 4.87. The Balaban J connectivity index is 2.38. The predicted molar refractivity (Wildman–Crippen MR) is 76.6 cm³/mol. The van der Waals surface area contributed by atoms with Gasteiger partial charge in [0.25, 0.3) is 0 Å². The lowest BCUT2D eigenvalue weighted by molar-refractivity contribution is 0.191. The van der Waals surface area contributed by atoms with E-state index in [0.717, 1.165) is 32.5 Å². The highest BCUT2D eigenvalue weighted by Gasteiger charge is 2.20. The predicted octanol–water partition coefficient (Wildman–Crippen LogP) is 3.50. The SMILES string of the molecule is CC(C)C(CNC(=O)N1CCCCCC1)C(C)C. The molecule has 1 saturated heterocycles. The second kappa shape index (κ2) is 7.65. The van der Waals surface area contributed by atoms with Gasteiger partial charge in [-0.1, -0.05) is 40.5 Å². The van der Waals surface area contributed by atoms with E-state index in [1.54, 1.807) is 0 Å². The van der Waals surface area contributed by atoms with Crippen LogP contribution in [0.15, 0.2) is 0 Å². The largest absolute Gasteiger partial charge is 0.338 e. The summed E-state index contributed by atoms with van der Waals surface area (Å²) in [5.74, 6) is 1.81. The first kappa shape index (κ1) is 15.3. The molecule has 0 aromatic rings. The summed E-state index contributed by atoms with van der Waals surface area (Å²) < 4.78 is 0. The summed E-state index contributed by atoms with van der Waals surface area (Å²) in [6, 6.07) is 0.142. The maximum absolute atomic E-state index is 12.1. The Kier molecular flexibility index (Phi) is 6.51. The van der Waals surface area contributed by atoms with E-state index < -0.39 is 0 Å². The fourth-order valence-electron chi connectivity index (χ4n) is 2.83. The molecule has 0 aromatic heterocycles. The Morgan fingerprint density at radius 1 is 1.00 bits per heavy atom. The highest BCUT2D eigenvalue weighted by molar-refractivity contribution is 5.74. The molecule has 1 N–H and O–H groups in total. The Bertz CT molecular complexity index is 235. The van der Waals surface area contributed by atoms with Gasteiger partial charge in [0.2, 0.25) is 0 Å². The Morgan fingerprint density at radius 3 is 1.94 bits per heavy atom. The number of nitrogens with one attached hydrogen (secondary N) is 1. The van der Waals surface area contributed by atoms with Gasteiger partial charge < -0.3 is 10.2 Å². The van der Waals surface area contributed by atoms with Crippen LogP contribution in [0.2, 0.25) is 0 Å². The van der Waals surface area contributed by atoms with E-state index in [9.17, 15) is 4.79 Å². The smallest absolute Gasteiger partial charge is 0.317 e. The van der Waals surface area contributed by atoms with Gasteiger partial charge in [-0.15, -0.1) is 0 Å². The van der Waals surface area contributed by atoms with Crippen LogP contribution < -0.4 is 5.32 Å². The number of hydrogen-bond acceptors (Lipinski definition) is 1. The molecule has 1 fully saturated rings. The number of hydrogen-bond donors (Lipinski definition) is 1. The van der Waals surface area contributed by atoms with Gasteiger partial charge >= 0.3 is 6.03 Å². The van der Waals surface area contributed by atoms with E-state index in [1.807, 2.05) is 4.90 Å². The van der Waals surface area contributed by atoms with Crippen molar-refractivity contribution in [1.29, 1.82) is 0 Å². The number of carbonyl (C=O) groups is 1. The van der Waals surface area contributed by atoms with Crippen LogP contribution in [-0.2, 0) is 0 Å². The van der Waals surface area contributed by atoms with Crippen molar-refractivity contribution in [2.45, 2.75) is 53.4 Å². The van der Waals surface area contributed by atoms with Crippen molar-refractivity contribution in [2.75, 3.05) is 19.6 Å². The number of urea groups is 1. The van der Waals surface area contributed by atoms with Crippen molar-refractivity contribution >= 4 is 6.03 Å². The average molecular weight is 254 g/mol. The molecule has 106 valence electrons. The highest BCUT2D eigenvalue weighted by Crippen LogP contribution is 2.19. The summed E-state index contributed by atoms with van der Waals surface area (Å²) in [5, 5.41) is 3.13. The van der Waals surface area contributed by atoms with Gasteiger partial charge in [0, 0.05) is 19.6 Å². The van der Waals surface area contributed by atoms with E-state index >= 15 is 0 Å². The topological polar surface area (TPSA) is 32.3 Å². The molecule has 2 amide bonds. The van der Waals surface area contributed by atoms with Crippen LogP contribution >= 0.6 is 0 Å². The van der Waals surface area contributed by atoms with Gasteiger partial charge in [-0.3, -0.25) is 0 Å². The minimum Gasteiger partial charge on any atom is -0.338 e. The monoisotopic (exact) mass is 254 g/mol. The number of carbonyl (C=O) groups excluding carboxylic acids is 1. The van der Waals surface area contributed by atoms with Gasteiger partial charge in [-0.2, -0.15) is 0 Å². The number of amides is 2. The molecule has 0 saturated carbocycles. The van der Waals surface area contributed by atoms with Crippen LogP contribution in [0.1, 0.15) is 53.4 Å². The van der Waals surface area contributed by atoms with E-state index in [-0.39, 0.29) is 6.03 Å². The molecule has 0 atom stereocenters. The summed E-state index contributed by atoms with van der Waals surface area (Å²) in [5.41, 5.74) is 0. The van der Waals surface area contributed by atoms with Gasteiger partial charge in [0.05, 0.1) is 0 Å². The second-order valence-electron chi connectivity index (χ2n) is 6.24. The Hall–Kier alpha value is -0.730. The molecule has 1 rings (SSSR count). The molecule has 0 aliphatic carbocycles. The third-order valence-corrected chi connectivity index (χ3v) is 4.09. The van der Waals surface area contributed by atoms with E-state index in [1.165, 1.54) is 12.8 Å². The van der Waals surface area contributed by atoms with E-state index in [2.05, 4.69) is 33.0 Å². The Labute approximate surface area is 112 Å². The maximum Gasteiger partial charge on any atom is 0.317 e. The molecule has 0 bridgehead atoms. The van der Waals surface area contributed by atoms with Crippen LogP contribution in [0, 0.1) is 17.8 Å². The summed E-state index contributed by atoms with van der Waals surface area (Å²) >= 11 is 0. The molecule has 0 spiro atoms. The Morgan fingerprint density at radius 2 is 1.50 bits per heavy atom. The maximum atomic E-state index is 12.1. The first-order chi connectivity index (χ1) is 8.52. The van der Waals surface area contributed by atoms with Crippen LogP contribution in [0.3, 0.4) is 0 Å². The van der Waals surface area contributed by atoms with Gasteiger partial charge in [0.1, 0.15) is 0 Å². The standard InChI is InChI=1S/C15H30N2O/c1-12(2)14(13(3)4)11-16-15(18)17-9-7-5-6-8-10-17/h12-14H,5-11H2,1-4H3,(H,16,18). The van der Waals surface area contributed by atoms with Crippen LogP contribution in [0.25, 0.3) is 0 Å². The zero-order valence-electron chi connectivity index (χ0n) is 12.5. The van der Waals surface area contributed by atoms with Crippen LogP contribution in [0.5, 0.6) is 0 Å². The fourth-order valence-corrected chi connectivity index (χ4v) is 2.83. The molecule has 0 aromatic carbocycles. The number of nitrogens with zero attached hydrogens (tertiary/aromatic N) is 1. The first-order valence-corrected chi connectivity index (χ1v) is 7.55. The van der Waals surface area contributed by atoms with Crippen LogP contribution in [-0.4, -0.2) is 30.6 Å². The lowest BCUT2D eigenvalue weighted by Crippen LogP contribution is -2.43. The van der Waals surface area contributed by atoms with Crippen molar-refractivity contribution in [2.24, 2.45) is 17.8 Å². The summed E-state index contributed by atoms with van der Waals surface area (Å²) in [6.45, 7) is 11.6. The highest BCUT2D eigenvalue weighted by atomic mass is 16.2. The zero-order chi connectivity index (χ0) is 13.5. The summed E-state index contributed by atoms with van der Waals surface area (Å²) in [7, 11) is 0. The zero-order valence-corrected chi connectivity index (χ0v) is 12.5. The summed E-state index contributed by atoms with van der Waals surface area (Å²) in [6.07, 6.45) is 4.85. The minimum absolute atomic E-state index is 0.142. The summed E-state index contributed by atoms with van der Waals surface area (Å²) in [4.78, 5) is 14.1. The normalized spacial score (nSPS) is 17.4. The number of likely N-dealkylation sites (tertiary alicyclic amines) is 1. The molecule has 1 heterocycles. The van der Waals surface area contributed by atoms with E-state index in [0.29, 0.717) is 17.8 Å². The minimum atomic E-state index is 0.142. The molecule has 0 unspecified atom stereocenters. The average Bonchev–Trinajstić information content (AvgIpc) is 2.56. The second-order valence-corrected chi connectivity index (χ2v) is 6.24. The van der Waals surface area contributed by atoms with Crippen molar-refractivity contribution in [3.63, 3.8) is 0 Å². The lowest BCUT2D eigenvalue weighted by Gasteiger charge is -2.27. The third-order valence-electron chi connectivity index (χ3n) is 4.09. The van der Waals surface area contributed by atoms with Crippen molar-refractivity contribution in [3.8, 4) is 0 Å². The molecule has 0 radical (unpaired) electrons. The lowest BCUT2D eigenvalue weighted by atomic mass is 9.85. The van der Waals surface area contributed by atoms with Crippen molar-refractivity contribution in [3.05, 3.63) is 0 Å². The van der Waals surface area contributed by atoms with Crippen molar-refractivity contribution < 1.29 is 4.79 Å². The van der Waals surface area contributed by atoms with Crippen LogP contribution in [0.4, 0.5) is 4.79 Å². The van der Waals surface area contributed by atoms with E-state index in [4.69, 9.17) is 0 Å². The van der Waals surface area contributed by atoms with Gasteiger partial charge in [-0.25, -0.2) is 4.79 Å². The molecular formula is C15H30N2O. The molecule has 3 nitrogen and oxygen atoms in total. The molecule has 1 aliphatic rings. The van der Waals surface area contributed by atoms with Crippen molar-refractivity contribution in [1.82, 2.24) is 10.2 Å². The quantitative estimate of drug-likeness (QED) is 0.818. The molecule has 18 heavy (non-hydrogen) atoms. The molecule has 3 heteroatoms. The van der Waals surface area contributed by atoms with Gasteiger partial charge in [0.15, 0.2) is 0 Å². The molecular weight excluding hydrogens is 224 g/mol. The van der Waals surface area contributed by atoms with Gasteiger partial charge in [-0.05, 0) is 30.6 Å². The fraction of sp³-hybridized carbons (Fsp3) is 0.933.